The van der Waals surface area contributed by atoms with E-state index < -0.39 is 11.6 Å². The van der Waals surface area contributed by atoms with Crippen LogP contribution in [-0.4, -0.2) is 49.3 Å². The van der Waals surface area contributed by atoms with Crippen molar-refractivity contribution in [3.63, 3.8) is 0 Å². The summed E-state index contributed by atoms with van der Waals surface area (Å²) in [5, 5.41) is 4.78. The average molecular weight is 469 g/mol. The first kappa shape index (κ1) is 25.1. The SMILES string of the molecule is CCOc1ccccc1Cn1nc(COC(C)(C)C(=O)OC)cc1-c1cc(OC)cc(OC)c1. The molecule has 0 bridgehead atoms. The molecule has 3 rings (SSSR count). The van der Waals surface area contributed by atoms with Gasteiger partial charge in [0, 0.05) is 17.2 Å². The molecule has 0 atom stereocenters. The summed E-state index contributed by atoms with van der Waals surface area (Å²) in [6.45, 7) is 6.47. The van der Waals surface area contributed by atoms with Crippen molar-refractivity contribution in [3.05, 3.63) is 59.8 Å². The topological polar surface area (TPSA) is 81.0 Å². The van der Waals surface area contributed by atoms with Gasteiger partial charge < -0.3 is 23.7 Å². The van der Waals surface area contributed by atoms with Gasteiger partial charge in [-0.25, -0.2) is 4.79 Å². The zero-order valence-electron chi connectivity index (χ0n) is 20.6. The summed E-state index contributed by atoms with van der Waals surface area (Å²) in [6, 6.07) is 15.5. The minimum absolute atomic E-state index is 0.135. The monoisotopic (exact) mass is 468 g/mol. The number of ether oxygens (including phenoxy) is 5. The third-order valence-corrected chi connectivity index (χ3v) is 5.33. The fraction of sp³-hybridized carbons (Fsp3) is 0.385. The zero-order valence-corrected chi connectivity index (χ0v) is 20.6. The molecule has 0 saturated carbocycles. The molecule has 3 aromatic rings. The van der Waals surface area contributed by atoms with E-state index in [1.807, 2.05) is 60.1 Å². The van der Waals surface area contributed by atoms with Crippen LogP contribution in [0.4, 0.5) is 0 Å². The van der Waals surface area contributed by atoms with E-state index in [2.05, 4.69) is 0 Å². The van der Waals surface area contributed by atoms with Gasteiger partial charge in [-0.15, -0.1) is 0 Å². The van der Waals surface area contributed by atoms with Gasteiger partial charge in [-0.2, -0.15) is 5.10 Å². The molecule has 2 aromatic carbocycles. The first-order valence-electron chi connectivity index (χ1n) is 11.0. The number of nitrogens with zero attached hydrogens (tertiary/aromatic N) is 2. The Hall–Kier alpha value is -3.52. The Kier molecular flexibility index (Phi) is 8.17. The Balaban J connectivity index is 2.02. The van der Waals surface area contributed by atoms with Gasteiger partial charge in [-0.1, -0.05) is 18.2 Å². The number of carbonyl (C=O) groups excluding carboxylic acids is 1. The second-order valence-electron chi connectivity index (χ2n) is 8.11. The molecule has 0 saturated heterocycles. The largest absolute Gasteiger partial charge is 0.497 e. The van der Waals surface area contributed by atoms with Crippen LogP contribution in [-0.2, 0) is 27.4 Å². The maximum atomic E-state index is 12.0. The summed E-state index contributed by atoms with van der Waals surface area (Å²) in [5.74, 6) is 1.69. The molecule has 0 aliphatic heterocycles. The second kappa shape index (κ2) is 11.1. The number of aromatic nitrogens is 2. The van der Waals surface area contributed by atoms with Crippen molar-refractivity contribution in [3.8, 4) is 28.5 Å². The predicted octanol–water partition coefficient (Wildman–Crippen LogP) is 4.48. The number of carbonyl (C=O) groups is 1. The van der Waals surface area contributed by atoms with Crippen LogP contribution >= 0.6 is 0 Å². The van der Waals surface area contributed by atoms with Crippen LogP contribution in [0.25, 0.3) is 11.3 Å². The van der Waals surface area contributed by atoms with Gasteiger partial charge in [-0.3, -0.25) is 4.68 Å². The summed E-state index contributed by atoms with van der Waals surface area (Å²) >= 11 is 0. The van der Waals surface area contributed by atoms with Crippen molar-refractivity contribution in [1.82, 2.24) is 9.78 Å². The van der Waals surface area contributed by atoms with E-state index in [0.29, 0.717) is 30.3 Å². The van der Waals surface area contributed by atoms with Crippen molar-refractivity contribution in [1.29, 1.82) is 0 Å². The second-order valence-corrected chi connectivity index (χ2v) is 8.11. The van der Waals surface area contributed by atoms with Crippen LogP contribution in [0.15, 0.2) is 48.5 Å². The van der Waals surface area contributed by atoms with Gasteiger partial charge in [0.05, 0.1) is 52.5 Å². The number of esters is 1. The summed E-state index contributed by atoms with van der Waals surface area (Å²) in [5.41, 5.74) is 2.28. The van der Waals surface area contributed by atoms with E-state index in [4.69, 9.17) is 28.8 Å². The number of hydrogen-bond donors (Lipinski definition) is 0. The highest BCUT2D eigenvalue weighted by Gasteiger charge is 2.30. The lowest BCUT2D eigenvalue weighted by Gasteiger charge is -2.21. The van der Waals surface area contributed by atoms with Gasteiger partial charge in [0.15, 0.2) is 5.60 Å². The molecular weight excluding hydrogens is 436 g/mol. The van der Waals surface area contributed by atoms with E-state index in [1.165, 1.54) is 7.11 Å². The quantitative estimate of drug-likeness (QED) is 0.384. The maximum absolute atomic E-state index is 12.0. The summed E-state index contributed by atoms with van der Waals surface area (Å²) in [4.78, 5) is 12.0. The molecule has 0 aliphatic carbocycles. The van der Waals surface area contributed by atoms with Crippen molar-refractivity contribution in [2.45, 2.75) is 39.5 Å². The summed E-state index contributed by atoms with van der Waals surface area (Å²) < 4.78 is 29.3. The molecular formula is C26H32N2O6. The van der Waals surface area contributed by atoms with E-state index in [9.17, 15) is 4.79 Å². The number of rotatable bonds is 11. The molecule has 8 nitrogen and oxygen atoms in total. The minimum Gasteiger partial charge on any atom is -0.497 e. The van der Waals surface area contributed by atoms with E-state index in [0.717, 1.165) is 22.6 Å². The predicted molar refractivity (Wildman–Crippen MR) is 128 cm³/mol. The van der Waals surface area contributed by atoms with Crippen LogP contribution in [0.1, 0.15) is 32.0 Å². The fourth-order valence-corrected chi connectivity index (χ4v) is 3.50. The smallest absolute Gasteiger partial charge is 0.337 e. The van der Waals surface area contributed by atoms with E-state index in [-0.39, 0.29) is 6.61 Å². The van der Waals surface area contributed by atoms with Crippen LogP contribution in [0, 0.1) is 0 Å². The van der Waals surface area contributed by atoms with Crippen LogP contribution in [0.3, 0.4) is 0 Å². The van der Waals surface area contributed by atoms with Crippen molar-refractivity contribution in [2.75, 3.05) is 27.9 Å². The molecule has 1 aromatic heterocycles. The minimum atomic E-state index is -1.10. The van der Waals surface area contributed by atoms with Gasteiger partial charge in [0.1, 0.15) is 17.2 Å². The van der Waals surface area contributed by atoms with Crippen LogP contribution in [0.2, 0.25) is 0 Å². The van der Waals surface area contributed by atoms with Gasteiger partial charge in [-0.05, 0) is 45.0 Å². The standard InChI is InChI=1S/C26H32N2O6/c1-7-33-24-11-9-8-10-18(24)16-28-23(19-12-21(30-4)15-22(13-19)31-5)14-20(27-28)17-34-26(2,3)25(29)32-6/h8-15H,7,16-17H2,1-6H3. The number of hydrogen-bond acceptors (Lipinski definition) is 7. The molecule has 0 aliphatic rings. The van der Waals surface area contributed by atoms with Crippen molar-refractivity contribution >= 4 is 5.97 Å². The molecule has 182 valence electrons. The highest BCUT2D eigenvalue weighted by atomic mass is 16.6. The number of para-hydroxylation sites is 1. The Morgan fingerprint density at radius 1 is 1.00 bits per heavy atom. The maximum Gasteiger partial charge on any atom is 0.337 e. The number of methoxy groups -OCH3 is 3. The lowest BCUT2D eigenvalue weighted by molar-refractivity contribution is -0.166. The van der Waals surface area contributed by atoms with Gasteiger partial charge in [0.2, 0.25) is 0 Å². The Morgan fingerprint density at radius 3 is 2.29 bits per heavy atom. The molecule has 8 heteroatoms. The van der Waals surface area contributed by atoms with Crippen molar-refractivity contribution < 1.29 is 28.5 Å². The Bertz CT molecular complexity index is 1100. The fourth-order valence-electron chi connectivity index (χ4n) is 3.50. The molecule has 0 N–H and O–H groups in total. The van der Waals surface area contributed by atoms with E-state index in [1.54, 1.807) is 28.1 Å². The number of benzene rings is 2. The highest BCUT2D eigenvalue weighted by Crippen LogP contribution is 2.32. The lowest BCUT2D eigenvalue weighted by Crippen LogP contribution is -2.35. The van der Waals surface area contributed by atoms with Gasteiger partial charge >= 0.3 is 5.97 Å². The summed E-state index contributed by atoms with van der Waals surface area (Å²) in [7, 11) is 4.57. The molecule has 0 spiro atoms. The average Bonchev–Trinajstić information content (AvgIpc) is 3.26. The van der Waals surface area contributed by atoms with Gasteiger partial charge in [0.25, 0.3) is 0 Å². The molecule has 0 amide bonds. The molecule has 1 heterocycles. The Labute approximate surface area is 200 Å². The van der Waals surface area contributed by atoms with E-state index >= 15 is 0 Å². The molecule has 0 fully saturated rings. The zero-order chi connectivity index (χ0) is 24.7. The molecule has 0 radical (unpaired) electrons. The summed E-state index contributed by atoms with van der Waals surface area (Å²) in [6.07, 6.45) is 0. The van der Waals surface area contributed by atoms with Crippen LogP contribution in [0.5, 0.6) is 17.2 Å². The lowest BCUT2D eigenvalue weighted by atomic mass is 10.1. The molecule has 0 unspecified atom stereocenters. The third kappa shape index (κ3) is 5.88. The van der Waals surface area contributed by atoms with Crippen LogP contribution < -0.4 is 14.2 Å². The molecule has 34 heavy (non-hydrogen) atoms. The first-order chi connectivity index (χ1) is 16.3. The van der Waals surface area contributed by atoms with Crippen molar-refractivity contribution in [2.24, 2.45) is 0 Å². The normalized spacial score (nSPS) is 11.2. The third-order valence-electron chi connectivity index (χ3n) is 5.33. The first-order valence-corrected chi connectivity index (χ1v) is 11.0. The Morgan fingerprint density at radius 2 is 1.68 bits per heavy atom. The highest BCUT2D eigenvalue weighted by molar-refractivity contribution is 5.78.